The van der Waals surface area contributed by atoms with Crippen molar-refractivity contribution < 1.29 is 14.2 Å². The van der Waals surface area contributed by atoms with E-state index in [4.69, 9.17) is 19.3 Å². The van der Waals surface area contributed by atoms with E-state index in [1.165, 1.54) is 0 Å². The van der Waals surface area contributed by atoms with Crippen LogP contribution >= 0.6 is 0 Å². The second-order valence-corrected chi connectivity index (χ2v) is 7.01. The molecule has 6 nitrogen and oxygen atoms in total. The molecule has 0 aliphatic carbocycles. The fourth-order valence-electron chi connectivity index (χ4n) is 3.94. The number of para-hydroxylation sites is 1. The first kappa shape index (κ1) is 17.6. The smallest absolute Gasteiger partial charge is 0.214 e. The van der Waals surface area contributed by atoms with Crippen molar-refractivity contribution in [2.24, 2.45) is 5.10 Å². The summed E-state index contributed by atoms with van der Waals surface area (Å²) in [6.45, 7) is 0. The molecule has 5 rings (SSSR count). The molecule has 6 heteroatoms. The predicted molar refractivity (Wildman–Crippen MR) is 109 cm³/mol. The number of hydrogen-bond donors (Lipinski definition) is 0. The van der Waals surface area contributed by atoms with Gasteiger partial charge in [0.25, 0.3) is 0 Å². The molecule has 2 atom stereocenters. The Bertz CT molecular complexity index is 1050. The SMILES string of the molecule is COc1ccc([C@H]2Oc3c(OC)cccc3[C@H]3CC(c4cccnc4)=NN32)cc1. The molecule has 0 fully saturated rings. The molecular formula is C23H21N3O3. The Kier molecular flexibility index (Phi) is 4.31. The molecule has 0 saturated carbocycles. The number of nitrogens with zero attached hydrogens (tertiary/aromatic N) is 3. The van der Waals surface area contributed by atoms with Crippen molar-refractivity contribution in [1.29, 1.82) is 0 Å². The van der Waals surface area contributed by atoms with Gasteiger partial charge in [0.15, 0.2) is 11.5 Å². The number of hydrazone groups is 1. The van der Waals surface area contributed by atoms with E-state index in [-0.39, 0.29) is 12.3 Å². The summed E-state index contributed by atoms with van der Waals surface area (Å²) in [6, 6.07) is 17.9. The van der Waals surface area contributed by atoms with Gasteiger partial charge >= 0.3 is 0 Å². The van der Waals surface area contributed by atoms with Gasteiger partial charge in [-0.2, -0.15) is 5.10 Å². The fourth-order valence-corrected chi connectivity index (χ4v) is 3.94. The molecule has 3 aromatic rings. The van der Waals surface area contributed by atoms with Crippen LogP contribution in [0.3, 0.4) is 0 Å². The van der Waals surface area contributed by atoms with Crippen molar-refractivity contribution in [3.63, 3.8) is 0 Å². The molecule has 0 radical (unpaired) electrons. The minimum Gasteiger partial charge on any atom is -0.497 e. The molecule has 1 aromatic heterocycles. The summed E-state index contributed by atoms with van der Waals surface area (Å²) in [6.07, 6.45) is 4.05. The summed E-state index contributed by atoms with van der Waals surface area (Å²) >= 11 is 0. The second-order valence-electron chi connectivity index (χ2n) is 7.01. The lowest BCUT2D eigenvalue weighted by molar-refractivity contribution is -0.0209. The number of fused-ring (bicyclic) bond motifs is 3. The van der Waals surface area contributed by atoms with Crippen molar-refractivity contribution in [1.82, 2.24) is 9.99 Å². The average Bonchev–Trinajstić information content (AvgIpc) is 3.24. The number of ether oxygens (including phenoxy) is 3. The predicted octanol–water partition coefficient (Wildman–Crippen LogP) is 4.34. The molecule has 2 aliphatic rings. The molecule has 0 amide bonds. The van der Waals surface area contributed by atoms with Gasteiger partial charge in [-0.25, -0.2) is 5.01 Å². The van der Waals surface area contributed by atoms with E-state index in [0.717, 1.165) is 46.1 Å². The minimum atomic E-state index is -0.358. The van der Waals surface area contributed by atoms with Crippen LogP contribution in [0.25, 0.3) is 0 Å². The highest BCUT2D eigenvalue weighted by Gasteiger charge is 2.42. The van der Waals surface area contributed by atoms with Crippen molar-refractivity contribution in [3.05, 3.63) is 83.7 Å². The Hall–Kier alpha value is -3.54. The first-order valence-electron chi connectivity index (χ1n) is 9.52. The molecule has 0 unspecified atom stereocenters. The molecule has 0 saturated heterocycles. The van der Waals surface area contributed by atoms with Gasteiger partial charge in [0, 0.05) is 35.5 Å². The molecule has 2 aliphatic heterocycles. The van der Waals surface area contributed by atoms with Crippen molar-refractivity contribution in [2.75, 3.05) is 14.2 Å². The Morgan fingerprint density at radius 3 is 2.59 bits per heavy atom. The molecule has 0 N–H and O–H groups in total. The quantitative estimate of drug-likeness (QED) is 0.667. The topological polar surface area (TPSA) is 56.2 Å². The number of aromatic nitrogens is 1. The van der Waals surface area contributed by atoms with Gasteiger partial charge in [0.1, 0.15) is 5.75 Å². The lowest BCUT2D eigenvalue weighted by Crippen LogP contribution is -2.33. The highest BCUT2D eigenvalue weighted by Crippen LogP contribution is 2.50. The Balaban J connectivity index is 1.60. The highest BCUT2D eigenvalue weighted by atomic mass is 16.5. The first-order chi connectivity index (χ1) is 14.3. The maximum Gasteiger partial charge on any atom is 0.214 e. The summed E-state index contributed by atoms with van der Waals surface area (Å²) < 4.78 is 17.3. The van der Waals surface area contributed by atoms with E-state index >= 15 is 0 Å². The largest absolute Gasteiger partial charge is 0.497 e. The van der Waals surface area contributed by atoms with Gasteiger partial charge < -0.3 is 14.2 Å². The van der Waals surface area contributed by atoms with Gasteiger partial charge in [0.2, 0.25) is 6.23 Å². The van der Waals surface area contributed by atoms with Crippen LogP contribution in [0.4, 0.5) is 0 Å². The van der Waals surface area contributed by atoms with Crippen LogP contribution in [0.5, 0.6) is 17.2 Å². The molecule has 146 valence electrons. The van der Waals surface area contributed by atoms with Crippen molar-refractivity contribution >= 4 is 5.71 Å². The summed E-state index contributed by atoms with van der Waals surface area (Å²) in [4.78, 5) is 4.25. The fraction of sp³-hybridized carbons (Fsp3) is 0.217. The summed E-state index contributed by atoms with van der Waals surface area (Å²) in [5, 5.41) is 7.00. The third kappa shape index (κ3) is 2.97. The highest BCUT2D eigenvalue weighted by molar-refractivity contribution is 6.01. The number of benzene rings is 2. The van der Waals surface area contributed by atoms with Gasteiger partial charge in [0.05, 0.1) is 26.0 Å². The molecular weight excluding hydrogens is 366 g/mol. The van der Waals surface area contributed by atoms with Gasteiger partial charge in [-0.1, -0.05) is 18.2 Å². The van der Waals surface area contributed by atoms with Crippen LogP contribution < -0.4 is 14.2 Å². The summed E-state index contributed by atoms with van der Waals surface area (Å²) in [5.74, 6) is 2.32. The van der Waals surface area contributed by atoms with E-state index in [1.54, 1.807) is 20.4 Å². The lowest BCUT2D eigenvalue weighted by atomic mass is 9.96. The normalized spacial score (nSPS) is 19.7. The minimum absolute atomic E-state index is 0.0659. The van der Waals surface area contributed by atoms with Crippen LogP contribution in [-0.4, -0.2) is 29.9 Å². The van der Waals surface area contributed by atoms with Crippen molar-refractivity contribution in [2.45, 2.75) is 18.7 Å². The van der Waals surface area contributed by atoms with Crippen LogP contribution in [0, 0.1) is 0 Å². The van der Waals surface area contributed by atoms with E-state index in [0.29, 0.717) is 0 Å². The summed E-state index contributed by atoms with van der Waals surface area (Å²) in [7, 11) is 3.33. The van der Waals surface area contributed by atoms with E-state index < -0.39 is 0 Å². The van der Waals surface area contributed by atoms with Gasteiger partial charge in [-0.3, -0.25) is 4.98 Å². The number of pyridine rings is 1. The number of methoxy groups -OCH3 is 2. The van der Waals surface area contributed by atoms with Gasteiger partial charge in [-0.15, -0.1) is 0 Å². The zero-order valence-electron chi connectivity index (χ0n) is 16.3. The maximum atomic E-state index is 6.45. The second kappa shape index (κ2) is 7.13. The molecule has 3 heterocycles. The van der Waals surface area contributed by atoms with Crippen LogP contribution in [-0.2, 0) is 0 Å². The Morgan fingerprint density at radius 2 is 1.86 bits per heavy atom. The zero-order valence-corrected chi connectivity index (χ0v) is 16.3. The van der Waals surface area contributed by atoms with Crippen LogP contribution in [0.1, 0.15) is 35.4 Å². The average molecular weight is 387 g/mol. The number of hydrogen-bond acceptors (Lipinski definition) is 6. The maximum absolute atomic E-state index is 6.45. The molecule has 2 aromatic carbocycles. The third-order valence-electron chi connectivity index (χ3n) is 5.40. The van der Waals surface area contributed by atoms with E-state index in [9.17, 15) is 0 Å². The molecule has 0 bridgehead atoms. The Morgan fingerprint density at radius 1 is 1.00 bits per heavy atom. The van der Waals surface area contributed by atoms with Crippen LogP contribution in [0.2, 0.25) is 0 Å². The Labute approximate surface area is 169 Å². The molecule has 0 spiro atoms. The van der Waals surface area contributed by atoms with E-state index in [2.05, 4.69) is 11.1 Å². The lowest BCUT2D eigenvalue weighted by Gasteiger charge is -2.38. The zero-order chi connectivity index (χ0) is 19.8. The first-order valence-corrected chi connectivity index (χ1v) is 9.52. The standard InChI is InChI=1S/C23H21N3O3/c1-27-17-10-8-15(9-11-17)23-26-20(13-19(25-26)16-5-4-12-24-14-16)18-6-3-7-21(28-2)22(18)29-23/h3-12,14,20,23H,13H2,1-2H3/t20-,23-/m1/s1. The summed E-state index contributed by atoms with van der Waals surface area (Å²) in [5.41, 5.74) is 4.11. The number of rotatable bonds is 4. The van der Waals surface area contributed by atoms with Gasteiger partial charge in [-0.05, 0) is 36.4 Å². The van der Waals surface area contributed by atoms with Crippen LogP contribution in [0.15, 0.2) is 72.1 Å². The van der Waals surface area contributed by atoms with E-state index in [1.807, 2.05) is 59.7 Å². The molecule has 29 heavy (non-hydrogen) atoms. The monoisotopic (exact) mass is 387 g/mol. The third-order valence-corrected chi connectivity index (χ3v) is 5.40. The van der Waals surface area contributed by atoms with Crippen molar-refractivity contribution in [3.8, 4) is 17.2 Å².